The SMILES string of the molecule is O=C(N[C@@H](CCCNc1cccc2cccnc12)C(=O)O)c1ccc(CNCc2ccccn2)cc1. The van der Waals surface area contributed by atoms with E-state index < -0.39 is 17.9 Å². The lowest BCUT2D eigenvalue weighted by atomic mass is 10.1. The van der Waals surface area contributed by atoms with Gasteiger partial charge < -0.3 is 21.1 Å². The molecule has 0 fully saturated rings. The minimum atomic E-state index is -1.05. The maximum Gasteiger partial charge on any atom is 0.326 e. The van der Waals surface area contributed by atoms with Crippen molar-refractivity contribution in [3.8, 4) is 0 Å². The molecule has 0 saturated heterocycles. The number of aliphatic carboxylic acids is 1. The third-order valence-electron chi connectivity index (χ3n) is 5.80. The van der Waals surface area contributed by atoms with Gasteiger partial charge in [0.1, 0.15) is 6.04 Å². The summed E-state index contributed by atoms with van der Waals surface area (Å²) in [6.07, 6.45) is 4.38. The Morgan fingerprint density at radius 2 is 1.67 bits per heavy atom. The molecule has 0 radical (unpaired) electrons. The number of nitrogens with one attached hydrogen (secondary N) is 3. The first-order chi connectivity index (χ1) is 17.6. The van der Waals surface area contributed by atoms with E-state index in [0.717, 1.165) is 27.8 Å². The summed E-state index contributed by atoms with van der Waals surface area (Å²) in [6.45, 7) is 1.85. The molecular formula is C28H29N5O3. The predicted octanol–water partition coefficient (Wildman–Crippen LogP) is 3.99. The van der Waals surface area contributed by atoms with Crippen LogP contribution in [0.3, 0.4) is 0 Å². The molecule has 0 aliphatic rings. The van der Waals surface area contributed by atoms with Gasteiger partial charge in [-0.15, -0.1) is 0 Å². The summed E-state index contributed by atoms with van der Waals surface area (Å²) in [7, 11) is 0. The van der Waals surface area contributed by atoms with Crippen molar-refractivity contribution in [2.45, 2.75) is 32.0 Å². The summed E-state index contributed by atoms with van der Waals surface area (Å²) in [5.41, 5.74) is 4.18. The standard InChI is InChI=1S/C28H29N5O3/c34-27(22-13-11-20(12-14-22)18-29-19-23-8-1-2-15-30-23)33-25(28(35)36)10-5-16-31-24-9-3-6-21-7-4-17-32-26(21)24/h1-4,6-9,11-15,17,25,29,31H,5,10,16,18-19H2,(H,33,34)(H,35,36)/t25-/m0/s1. The van der Waals surface area contributed by atoms with Crippen LogP contribution in [0, 0.1) is 0 Å². The van der Waals surface area contributed by atoms with Crippen LogP contribution in [-0.4, -0.2) is 39.5 Å². The highest BCUT2D eigenvalue weighted by Crippen LogP contribution is 2.20. The number of para-hydroxylation sites is 1. The van der Waals surface area contributed by atoms with E-state index in [-0.39, 0.29) is 0 Å². The second kappa shape index (κ2) is 12.4. The third-order valence-corrected chi connectivity index (χ3v) is 5.80. The van der Waals surface area contributed by atoms with E-state index in [1.807, 2.05) is 60.7 Å². The van der Waals surface area contributed by atoms with Crippen LogP contribution in [0.4, 0.5) is 5.69 Å². The van der Waals surface area contributed by atoms with Crippen LogP contribution < -0.4 is 16.0 Å². The number of carboxylic acid groups (broad SMARTS) is 1. The Morgan fingerprint density at radius 3 is 2.44 bits per heavy atom. The number of nitrogens with zero attached hydrogens (tertiary/aromatic N) is 2. The molecule has 4 aromatic rings. The lowest BCUT2D eigenvalue weighted by Gasteiger charge is -2.15. The van der Waals surface area contributed by atoms with Crippen molar-refractivity contribution in [1.29, 1.82) is 0 Å². The molecule has 0 bridgehead atoms. The Hall–Kier alpha value is -4.30. The zero-order valence-corrected chi connectivity index (χ0v) is 19.9. The highest BCUT2D eigenvalue weighted by atomic mass is 16.4. The number of carboxylic acids is 1. The first-order valence-electron chi connectivity index (χ1n) is 11.9. The topological polar surface area (TPSA) is 116 Å². The van der Waals surface area contributed by atoms with Crippen LogP contribution in [0.2, 0.25) is 0 Å². The fourth-order valence-electron chi connectivity index (χ4n) is 3.89. The van der Waals surface area contributed by atoms with Crippen LogP contribution in [0.25, 0.3) is 10.9 Å². The number of amides is 1. The van der Waals surface area contributed by atoms with Gasteiger partial charge in [-0.2, -0.15) is 0 Å². The lowest BCUT2D eigenvalue weighted by molar-refractivity contribution is -0.139. The number of hydrogen-bond donors (Lipinski definition) is 4. The van der Waals surface area contributed by atoms with Crippen LogP contribution in [0.5, 0.6) is 0 Å². The number of benzene rings is 2. The summed E-state index contributed by atoms with van der Waals surface area (Å²) in [6, 6.07) is 21.7. The van der Waals surface area contributed by atoms with Gasteiger partial charge in [-0.1, -0.05) is 36.4 Å². The van der Waals surface area contributed by atoms with Crippen molar-refractivity contribution in [3.05, 3.63) is 102 Å². The maximum atomic E-state index is 12.6. The second-order valence-electron chi connectivity index (χ2n) is 8.44. The van der Waals surface area contributed by atoms with Gasteiger partial charge in [0.2, 0.25) is 0 Å². The molecule has 0 saturated carbocycles. The summed E-state index contributed by atoms with van der Waals surface area (Å²) < 4.78 is 0. The normalized spacial score (nSPS) is 11.7. The van der Waals surface area contributed by atoms with Crippen molar-refractivity contribution in [2.24, 2.45) is 0 Å². The lowest BCUT2D eigenvalue weighted by Crippen LogP contribution is -2.41. The number of aromatic nitrogens is 2. The van der Waals surface area contributed by atoms with Gasteiger partial charge in [0.15, 0.2) is 0 Å². The zero-order chi connectivity index (χ0) is 25.2. The molecule has 1 amide bonds. The minimum Gasteiger partial charge on any atom is -0.480 e. The molecule has 0 spiro atoms. The maximum absolute atomic E-state index is 12.6. The first kappa shape index (κ1) is 24.8. The van der Waals surface area contributed by atoms with E-state index in [0.29, 0.717) is 38.0 Å². The Balaban J connectivity index is 1.24. The molecule has 36 heavy (non-hydrogen) atoms. The van der Waals surface area contributed by atoms with Gasteiger partial charge in [-0.25, -0.2) is 4.79 Å². The molecule has 2 aromatic heterocycles. The van der Waals surface area contributed by atoms with E-state index in [2.05, 4.69) is 25.9 Å². The van der Waals surface area contributed by atoms with Gasteiger partial charge in [0.25, 0.3) is 5.91 Å². The molecule has 4 N–H and O–H groups in total. The number of fused-ring (bicyclic) bond motifs is 1. The van der Waals surface area contributed by atoms with E-state index in [1.54, 1.807) is 24.5 Å². The van der Waals surface area contributed by atoms with Crippen LogP contribution in [-0.2, 0) is 17.9 Å². The molecule has 8 nitrogen and oxygen atoms in total. The molecule has 0 unspecified atom stereocenters. The average Bonchev–Trinajstić information content (AvgIpc) is 2.91. The molecule has 2 aromatic carbocycles. The van der Waals surface area contributed by atoms with Gasteiger partial charge in [-0.3, -0.25) is 14.8 Å². The smallest absolute Gasteiger partial charge is 0.326 e. The number of anilines is 1. The highest BCUT2D eigenvalue weighted by Gasteiger charge is 2.20. The van der Waals surface area contributed by atoms with Crippen LogP contribution in [0.1, 0.15) is 34.5 Å². The average molecular weight is 484 g/mol. The second-order valence-corrected chi connectivity index (χ2v) is 8.44. The minimum absolute atomic E-state index is 0.307. The quantitative estimate of drug-likeness (QED) is 0.225. The number of pyridine rings is 2. The van der Waals surface area contributed by atoms with E-state index >= 15 is 0 Å². The molecular weight excluding hydrogens is 454 g/mol. The summed E-state index contributed by atoms with van der Waals surface area (Å²) in [5.74, 6) is -1.45. The Labute approximate surface area is 209 Å². The molecule has 1 atom stereocenters. The van der Waals surface area contributed by atoms with Crippen molar-refractivity contribution in [3.63, 3.8) is 0 Å². The number of rotatable bonds is 12. The third kappa shape index (κ3) is 6.86. The van der Waals surface area contributed by atoms with Crippen molar-refractivity contribution >= 4 is 28.5 Å². The number of carbonyl (C=O) groups is 2. The van der Waals surface area contributed by atoms with Gasteiger partial charge in [-0.05, 0) is 54.8 Å². The van der Waals surface area contributed by atoms with Crippen LogP contribution >= 0.6 is 0 Å². The first-order valence-corrected chi connectivity index (χ1v) is 11.9. The number of carbonyl (C=O) groups excluding carboxylic acids is 1. The van der Waals surface area contributed by atoms with Crippen LogP contribution in [0.15, 0.2) is 85.2 Å². The van der Waals surface area contributed by atoms with Crippen molar-refractivity contribution in [2.75, 3.05) is 11.9 Å². The predicted molar refractivity (Wildman–Crippen MR) is 140 cm³/mol. The van der Waals surface area contributed by atoms with Crippen molar-refractivity contribution < 1.29 is 14.7 Å². The molecule has 184 valence electrons. The molecule has 8 heteroatoms. The zero-order valence-electron chi connectivity index (χ0n) is 19.9. The number of hydrogen-bond acceptors (Lipinski definition) is 6. The Bertz CT molecular complexity index is 1290. The van der Waals surface area contributed by atoms with E-state index in [9.17, 15) is 14.7 Å². The molecule has 4 rings (SSSR count). The summed E-state index contributed by atoms with van der Waals surface area (Å²) in [4.78, 5) is 33.1. The van der Waals surface area contributed by atoms with E-state index in [1.165, 1.54) is 0 Å². The molecule has 2 heterocycles. The largest absolute Gasteiger partial charge is 0.480 e. The summed E-state index contributed by atoms with van der Waals surface area (Å²) in [5, 5.41) is 19.9. The monoisotopic (exact) mass is 483 g/mol. The Morgan fingerprint density at radius 1 is 0.861 bits per heavy atom. The van der Waals surface area contributed by atoms with Gasteiger partial charge in [0, 0.05) is 43.0 Å². The highest BCUT2D eigenvalue weighted by molar-refractivity contribution is 5.96. The summed E-state index contributed by atoms with van der Waals surface area (Å²) >= 11 is 0. The molecule has 0 aliphatic heterocycles. The molecule has 0 aliphatic carbocycles. The van der Waals surface area contributed by atoms with E-state index in [4.69, 9.17) is 0 Å². The van der Waals surface area contributed by atoms with Gasteiger partial charge in [0.05, 0.1) is 16.9 Å². The van der Waals surface area contributed by atoms with Gasteiger partial charge >= 0.3 is 5.97 Å². The van der Waals surface area contributed by atoms with Crippen molar-refractivity contribution in [1.82, 2.24) is 20.6 Å². The Kier molecular flexibility index (Phi) is 8.56. The fourth-order valence-corrected chi connectivity index (χ4v) is 3.89. The fraction of sp³-hybridized carbons (Fsp3) is 0.214.